The standard InChI is InChI=1S/C13H20IN3O/c1-10-12(14)13(18)17(9-16-10)7-6-15-8-11-4-2-3-5-11/h9,11,15H,2-8H2,1H3. The fraction of sp³-hybridized carbons (Fsp3) is 0.692. The summed E-state index contributed by atoms with van der Waals surface area (Å²) in [5, 5.41) is 3.45. The van der Waals surface area contributed by atoms with Crippen molar-refractivity contribution in [1.29, 1.82) is 0 Å². The zero-order valence-corrected chi connectivity index (χ0v) is 12.9. The SMILES string of the molecule is Cc1ncn(CCNCC2CCCC2)c(=O)c1I. The van der Waals surface area contributed by atoms with Gasteiger partial charge in [0.25, 0.3) is 5.56 Å². The lowest BCUT2D eigenvalue weighted by atomic mass is 10.1. The molecular weight excluding hydrogens is 341 g/mol. The van der Waals surface area contributed by atoms with E-state index in [4.69, 9.17) is 0 Å². The molecule has 1 saturated carbocycles. The van der Waals surface area contributed by atoms with E-state index in [2.05, 4.69) is 32.9 Å². The van der Waals surface area contributed by atoms with Crippen LogP contribution in [0.2, 0.25) is 0 Å². The Balaban J connectivity index is 1.79. The maximum atomic E-state index is 11.9. The molecule has 1 fully saturated rings. The average molecular weight is 361 g/mol. The highest BCUT2D eigenvalue weighted by atomic mass is 127. The van der Waals surface area contributed by atoms with Crippen LogP contribution >= 0.6 is 22.6 Å². The molecule has 1 aromatic rings. The molecule has 0 aliphatic heterocycles. The minimum absolute atomic E-state index is 0.0748. The van der Waals surface area contributed by atoms with Crippen LogP contribution in [-0.4, -0.2) is 22.6 Å². The van der Waals surface area contributed by atoms with Crippen molar-refractivity contribution in [3.63, 3.8) is 0 Å². The Labute approximate surface area is 121 Å². The molecule has 5 heteroatoms. The van der Waals surface area contributed by atoms with E-state index in [9.17, 15) is 4.79 Å². The Morgan fingerprint density at radius 2 is 2.22 bits per heavy atom. The molecule has 0 atom stereocenters. The molecule has 0 radical (unpaired) electrons. The molecule has 2 rings (SSSR count). The minimum atomic E-state index is 0.0748. The summed E-state index contributed by atoms with van der Waals surface area (Å²) in [6.45, 7) is 4.50. The number of nitrogens with one attached hydrogen (secondary N) is 1. The van der Waals surface area contributed by atoms with Gasteiger partial charge in [-0.2, -0.15) is 0 Å². The molecule has 1 N–H and O–H groups in total. The van der Waals surface area contributed by atoms with E-state index >= 15 is 0 Å². The van der Waals surface area contributed by atoms with Gasteiger partial charge in [0, 0.05) is 13.1 Å². The number of aromatic nitrogens is 2. The topological polar surface area (TPSA) is 46.9 Å². The van der Waals surface area contributed by atoms with Crippen molar-refractivity contribution in [3.05, 3.63) is 25.9 Å². The molecule has 0 aromatic carbocycles. The van der Waals surface area contributed by atoms with Crippen molar-refractivity contribution in [2.45, 2.75) is 39.2 Å². The van der Waals surface area contributed by atoms with Gasteiger partial charge in [-0.15, -0.1) is 0 Å². The molecule has 1 aliphatic rings. The molecule has 1 aliphatic carbocycles. The summed E-state index contributed by atoms with van der Waals surface area (Å²) in [4.78, 5) is 16.2. The average Bonchev–Trinajstić information content (AvgIpc) is 2.87. The molecule has 4 nitrogen and oxygen atoms in total. The number of hydrogen-bond donors (Lipinski definition) is 1. The summed E-state index contributed by atoms with van der Waals surface area (Å²) < 4.78 is 2.42. The largest absolute Gasteiger partial charge is 0.315 e. The minimum Gasteiger partial charge on any atom is -0.315 e. The van der Waals surface area contributed by atoms with E-state index in [1.807, 2.05) is 6.92 Å². The maximum Gasteiger partial charge on any atom is 0.267 e. The Morgan fingerprint density at radius 3 is 2.94 bits per heavy atom. The summed E-state index contributed by atoms with van der Waals surface area (Å²) in [5.74, 6) is 0.845. The number of hydrogen-bond acceptors (Lipinski definition) is 3. The zero-order chi connectivity index (χ0) is 13.0. The predicted molar refractivity (Wildman–Crippen MR) is 80.8 cm³/mol. The van der Waals surface area contributed by atoms with Gasteiger partial charge in [0.2, 0.25) is 0 Å². The molecule has 1 aromatic heterocycles. The summed E-state index contributed by atoms with van der Waals surface area (Å²) >= 11 is 2.07. The Hall–Kier alpha value is -0.430. The first-order valence-electron chi connectivity index (χ1n) is 6.60. The highest BCUT2D eigenvalue weighted by Crippen LogP contribution is 2.23. The van der Waals surface area contributed by atoms with Gasteiger partial charge in [0.05, 0.1) is 15.6 Å². The first-order valence-corrected chi connectivity index (χ1v) is 7.68. The van der Waals surface area contributed by atoms with E-state index in [1.54, 1.807) is 10.9 Å². The van der Waals surface area contributed by atoms with Crippen molar-refractivity contribution in [1.82, 2.24) is 14.9 Å². The van der Waals surface area contributed by atoms with Crippen LogP contribution in [0.5, 0.6) is 0 Å². The third-order valence-corrected chi connectivity index (χ3v) is 4.84. The summed E-state index contributed by atoms with van der Waals surface area (Å²) in [5.41, 5.74) is 0.890. The first-order chi connectivity index (χ1) is 8.68. The van der Waals surface area contributed by atoms with Gasteiger partial charge in [0.1, 0.15) is 0 Å². The normalized spacial score (nSPS) is 16.3. The fourth-order valence-corrected chi connectivity index (χ4v) is 2.87. The molecular formula is C13H20IN3O. The highest BCUT2D eigenvalue weighted by Gasteiger charge is 2.13. The van der Waals surface area contributed by atoms with Crippen LogP contribution in [-0.2, 0) is 6.54 Å². The number of nitrogens with zero attached hydrogens (tertiary/aromatic N) is 2. The molecule has 0 bridgehead atoms. The van der Waals surface area contributed by atoms with Crippen LogP contribution in [0.15, 0.2) is 11.1 Å². The van der Waals surface area contributed by atoms with Crippen LogP contribution in [0.4, 0.5) is 0 Å². The van der Waals surface area contributed by atoms with E-state index in [0.717, 1.165) is 28.3 Å². The molecule has 0 saturated heterocycles. The van der Waals surface area contributed by atoms with Crippen LogP contribution in [0, 0.1) is 16.4 Å². The van der Waals surface area contributed by atoms with Crippen LogP contribution < -0.4 is 10.9 Å². The van der Waals surface area contributed by atoms with Crippen molar-refractivity contribution < 1.29 is 0 Å². The van der Waals surface area contributed by atoms with Gasteiger partial charge >= 0.3 is 0 Å². The van der Waals surface area contributed by atoms with Gasteiger partial charge in [0.15, 0.2) is 0 Å². The summed E-state index contributed by atoms with van der Waals surface area (Å²) in [6.07, 6.45) is 7.13. The fourth-order valence-electron chi connectivity index (χ4n) is 2.43. The molecule has 0 unspecified atom stereocenters. The zero-order valence-electron chi connectivity index (χ0n) is 10.8. The van der Waals surface area contributed by atoms with E-state index in [-0.39, 0.29) is 5.56 Å². The third kappa shape index (κ3) is 3.54. The van der Waals surface area contributed by atoms with Gasteiger partial charge in [-0.25, -0.2) is 4.98 Å². The number of halogens is 1. The lowest BCUT2D eigenvalue weighted by molar-refractivity contribution is 0.472. The number of rotatable bonds is 5. The predicted octanol–water partition coefficient (Wildman–Crippen LogP) is 1.94. The monoisotopic (exact) mass is 361 g/mol. The van der Waals surface area contributed by atoms with E-state index < -0.39 is 0 Å². The van der Waals surface area contributed by atoms with Crippen molar-refractivity contribution in [3.8, 4) is 0 Å². The van der Waals surface area contributed by atoms with Crippen molar-refractivity contribution in [2.75, 3.05) is 13.1 Å². The molecule has 0 amide bonds. The number of aryl methyl sites for hydroxylation is 1. The van der Waals surface area contributed by atoms with Gasteiger partial charge < -0.3 is 5.32 Å². The first kappa shape index (κ1) is 14.0. The second-order valence-corrected chi connectivity index (χ2v) is 6.08. The highest BCUT2D eigenvalue weighted by molar-refractivity contribution is 14.1. The van der Waals surface area contributed by atoms with Crippen molar-refractivity contribution >= 4 is 22.6 Å². The van der Waals surface area contributed by atoms with E-state index in [0.29, 0.717) is 6.54 Å². The Kier molecular flexibility index (Phi) is 5.17. The summed E-state index contributed by atoms with van der Waals surface area (Å²) in [7, 11) is 0. The second-order valence-electron chi connectivity index (χ2n) is 5.00. The lowest BCUT2D eigenvalue weighted by Crippen LogP contribution is -2.31. The van der Waals surface area contributed by atoms with Crippen LogP contribution in [0.3, 0.4) is 0 Å². The van der Waals surface area contributed by atoms with Crippen molar-refractivity contribution in [2.24, 2.45) is 5.92 Å². The van der Waals surface area contributed by atoms with E-state index in [1.165, 1.54) is 25.7 Å². The van der Waals surface area contributed by atoms with Crippen LogP contribution in [0.25, 0.3) is 0 Å². The van der Waals surface area contributed by atoms with Gasteiger partial charge in [-0.3, -0.25) is 9.36 Å². The quantitative estimate of drug-likeness (QED) is 0.644. The maximum absolute atomic E-state index is 11.9. The Morgan fingerprint density at radius 1 is 1.50 bits per heavy atom. The smallest absolute Gasteiger partial charge is 0.267 e. The Bertz CT molecular complexity index is 452. The second kappa shape index (κ2) is 6.65. The molecule has 18 heavy (non-hydrogen) atoms. The van der Waals surface area contributed by atoms with Gasteiger partial charge in [-0.05, 0) is 54.8 Å². The molecule has 100 valence electrons. The lowest BCUT2D eigenvalue weighted by Gasteiger charge is -2.11. The molecule has 0 spiro atoms. The third-order valence-electron chi connectivity index (χ3n) is 3.59. The molecule has 1 heterocycles. The van der Waals surface area contributed by atoms with Crippen LogP contribution in [0.1, 0.15) is 31.4 Å². The summed E-state index contributed by atoms with van der Waals surface area (Å²) in [6, 6.07) is 0. The van der Waals surface area contributed by atoms with Gasteiger partial charge in [-0.1, -0.05) is 12.8 Å².